The van der Waals surface area contributed by atoms with E-state index in [2.05, 4.69) is 303 Å². The second-order valence-corrected chi connectivity index (χ2v) is 22.5. The van der Waals surface area contributed by atoms with Gasteiger partial charge in [0, 0.05) is 21.5 Å². The molecule has 0 aliphatic heterocycles. The van der Waals surface area contributed by atoms with Crippen molar-refractivity contribution >= 4 is 109 Å². The van der Waals surface area contributed by atoms with Crippen molar-refractivity contribution in [2.45, 2.75) is 0 Å². The zero-order valence-corrected chi connectivity index (χ0v) is 46.8. The monoisotopic (exact) mass is 1090 g/mol. The van der Waals surface area contributed by atoms with Gasteiger partial charge in [0.15, 0.2) is 0 Å². The summed E-state index contributed by atoms with van der Waals surface area (Å²) in [5, 5.41) is 19.7. The number of furan rings is 2. The molecule has 0 radical (unpaired) electrons. The number of rotatable bonds is 6. The smallest absolute Gasteiger partial charge is 0.136 e. The third-order valence-corrected chi connectivity index (χ3v) is 17.7. The van der Waals surface area contributed by atoms with Crippen LogP contribution in [0.25, 0.3) is 175 Å². The van der Waals surface area contributed by atoms with E-state index < -0.39 is 0 Å². The normalized spacial score (nSPS) is 11.7. The molecule has 0 spiro atoms. The molecule has 0 N–H and O–H groups in total. The molecule has 2 nitrogen and oxygen atoms in total. The van der Waals surface area contributed by atoms with Gasteiger partial charge < -0.3 is 8.83 Å². The molecule has 0 aliphatic rings. The highest BCUT2D eigenvalue weighted by Crippen LogP contribution is 2.49. The fraction of sp³-hybridized carbons (Fsp3) is 0. The van der Waals surface area contributed by atoms with Crippen LogP contribution >= 0.6 is 0 Å². The molecule has 16 aromatic carbocycles. The molecule has 2 heterocycles. The van der Waals surface area contributed by atoms with Crippen molar-refractivity contribution in [3.63, 3.8) is 0 Å². The van der Waals surface area contributed by atoms with Crippen LogP contribution in [0.5, 0.6) is 0 Å². The quantitative estimate of drug-likeness (QED) is 0.155. The number of para-hydroxylation sites is 2. The molecule has 0 saturated carbocycles. The van der Waals surface area contributed by atoms with E-state index in [1.54, 1.807) is 0 Å². The molecule has 0 amide bonds. The molecule has 0 unspecified atom stereocenters. The molecule has 0 atom stereocenters. The Morgan fingerprint density at radius 1 is 0.163 bits per heavy atom. The van der Waals surface area contributed by atoms with Crippen LogP contribution in [0, 0.1) is 0 Å². The first-order valence-electron chi connectivity index (χ1n) is 29.5. The summed E-state index contributed by atoms with van der Waals surface area (Å²) in [6.45, 7) is 0. The van der Waals surface area contributed by atoms with Gasteiger partial charge >= 0.3 is 0 Å². The summed E-state index contributed by atoms with van der Waals surface area (Å²) in [7, 11) is 0. The average molecular weight is 1090 g/mol. The number of hydrogen-bond acceptors (Lipinski definition) is 2. The van der Waals surface area contributed by atoms with Gasteiger partial charge in [0.2, 0.25) is 0 Å². The van der Waals surface area contributed by atoms with Crippen molar-refractivity contribution < 1.29 is 8.83 Å². The van der Waals surface area contributed by atoms with Gasteiger partial charge in [0.05, 0.1) is 0 Å². The van der Waals surface area contributed by atoms with E-state index in [-0.39, 0.29) is 0 Å². The molecule has 86 heavy (non-hydrogen) atoms. The Hall–Kier alpha value is -11.3. The zero-order valence-electron chi connectivity index (χ0n) is 46.8. The summed E-state index contributed by atoms with van der Waals surface area (Å²) in [5.41, 5.74) is 18.4. The molecular formula is C84H52O2. The van der Waals surface area contributed by atoms with Gasteiger partial charge in [-0.2, -0.15) is 0 Å². The third-order valence-electron chi connectivity index (χ3n) is 17.7. The lowest BCUT2D eigenvalue weighted by Gasteiger charge is -2.20. The molecule has 18 rings (SSSR count). The predicted molar refractivity (Wildman–Crippen MR) is 365 cm³/mol. The van der Waals surface area contributed by atoms with E-state index >= 15 is 0 Å². The van der Waals surface area contributed by atoms with Crippen LogP contribution in [0.3, 0.4) is 0 Å². The largest absolute Gasteiger partial charge is 0.456 e. The van der Waals surface area contributed by atoms with Gasteiger partial charge in [-0.15, -0.1) is 0 Å². The first kappa shape index (κ1) is 49.3. The molecule has 2 aromatic heterocycles. The summed E-state index contributed by atoms with van der Waals surface area (Å²) in [4.78, 5) is 0. The Labute approximate surface area is 496 Å². The minimum atomic E-state index is 0.913. The van der Waals surface area contributed by atoms with Crippen molar-refractivity contribution in [2.24, 2.45) is 0 Å². The minimum Gasteiger partial charge on any atom is -0.456 e. The lowest BCUT2D eigenvalue weighted by Crippen LogP contribution is -1.92. The maximum absolute atomic E-state index is 6.28. The number of benzene rings is 16. The van der Waals surface area contributed by atoms with Crippen LogP contribution in [0.1, 0.15) is 0 Å². The molecule has 0 saturated heterocycles. The summed E-state index contributed by atoms with van der Waals surface area (Å²) in [6, 6.07) is 114. The molecule has 0 aliphatic carbocycles. The maximum Gasteiger partial charge on any atom is 0.136 e. The van der Waals surface area contributed by atoms with Crippen LogP contribution in [-0.2, 0) is 0 Å². The third kappa shape index (κ3) is 8.03. The highest BCUT2D eigenvalue weighted by atomic mass is 16.3. The summed E-state index contributed by atoms with van der Waals surface area (Å²) in [6.07, 6.45) is 0. The van der Waals surface area contributed by atoms with Crippen LogP contribution in [0.4, 0.5) is 0 Å². The number of fused-ring (bicyclic) bond motifs is 12. The van der Waals surface area contributed by atoms with Crippen molar-refractivity contribution in [1.29, 1.82) is 0 Å². The van der Waals surface area contributed by atoms with Crippen molar-refractivity contribution in [1.82, 2.24) is 0 Å². The highest BCUT2D eigenvalue weighted by molar-refractivity contribution is 6.26. The van der Waals surface area contributed by atoms with E-state index in [0.717, 1.165) is 43.9 Å². The van der Waals surface area contributed by atoms with Gasteiger partial charge in [-0.25, -0.2) is 0 Å². The number of hydrogen-bond donors (Lipinski definition) is 0. The van der Waals surface area contributed by atoms with Gasteiger partial charge in [-0.3, -0.25) is 0 Å². The molecular weight excluding hydrogens is 1040 g/mol. The van der Waals surface area contributed by atoms with E-state index in [1.807, 2.05) is 12.1 Å². The standard InChI is InChI=1S/2C42H26O/c1-2-13-28(14-3-1)40-33-17-6-7-18-34(33)41(32-21-10-15-27-12-4-5-16-30(27)32)37-26-29(24-25-35(37)40)31-20-11-23-39-42(31)36-19-8-9-22-38(36)43-39;1-2-12-28(13-3-1)40-33-15-6-7-16-34(33)41(31-22-21-27-11-4-5-14-29(27)25-31)37-26-30(23-24-35(37)40)32-18-10-20-39-42(32)36-17-8-9-19-38(36)43-39/h2*1-26H. The molecule has 2 heteroatoms. The van der Waals surface area contributed by atoms with Crippen LogP contribution in [0.15, 0.2) is 324 Å². The van der Waals surface area contributed by atoms with Gasteiger partial charge in [-0.05, 0) is 174 Å². The predicted octanol–water partition coefficient (Wildman–Crippen LogP) is 24.1. The van der Waals surface area contributed by atoms with Crippen molar-refractivity contribution in [3.8, 4) is 66.8 Å². The van der Waals surface area contributed by atoms with E-state index in [1.165, 1.54) is 131 Å². The van der Waals surface area contributed by atoms with E-state index in [9.17, 15) is 0 Å². The summed E-state index contributed by atoms with van der Waals surface area (Å²) < 4.78 is 12.5. The Bertz CT molecular complexity index is 5700. The Kier molecular flexibility index (Phi) is 11.6. The maximum atomic E-state index is 6.28. The van der Waals surface area contributed by atoms with Crippen molar-refractivity contribution in [3.05, 3.63) is 315 Å². The van der Waals surface area contributed by atoms with Gasteiger partial charge in [0.25, 0.3) is 0 Å². The lowest BCUT2D eigenvalue weighted by molar-refractivity contribution is 0.668. The van der Waals surface area contributed by atoms with Crippen molar-refractivity contribution in [2.75, 3.05) is 0 Å². The van der Waals surface area contributed by atoms with E-state index in [4.69, 9.17) is 8.83 Å². The average Bonchev–Trinajstić information content (AvgIpc) is 1.18. The van der Waals surface area contributed by atoms with Crippen LogP contribution in [-0.4, -0.2) is 0 Å². The Balaban J connectivity index is 0.000000134. The van der Waals surface area contributed by atoms with Crippen LogP contribution < -0.4 is 0 Å². The minimum absolute atomic E-state index is 0.913. The van der Waals surface area contributed by atoms with E-state index in [0.29, 0.717) is 0 Å². The topological polar surface area (TPSA) is 26.3 Å². The first-order chi connectivity index (χ1) is 42.7. The lowest BCUT2D eigenvalue weighted by atomic mass is 9.83. The first-order valence-corrected chi connectivity index (χ1v) is 29.5. The molecule has 18 aromatic rings. The Morgan fingerprint density at radius 2 is 0.523 bits per heavy atom. The highest BCUT2D eigenvalue weighted by Gasteiger charge is 2.22. The molecule has 0 bridgehead atoms. The van der Waals surface area contributed by atoms with Crippen LogP contribution in [0.2, 0.25) is 0 Å². The second-order valence-electron chi connectivity index (χ2n) is 22.5. The SMILES string of the molecule is c1ccc(-c2c3ccccc3c(-c3ccc4ccccc4c3)c3cc(-c4cccc5oc6ccccc6c45)ccc23)cc1.c1ccc(-c2c3ccccc3c(-c3cccc4ccccc34)c3cc(-c4cccc5oc6ccccc6c45)ccc23)cc1. The fourth-order valence-corrected chi connectivity index (χ4v) is 13.9. The zero-order chi connectivity index (χ0) is 56.7. The summed E-state index contributed by atoms with van der Waals surface area (Å²) >= 11 is 0. The molecule has 0 fully saturated rings. The van der Waals surface area contributed by atoms with Gasteiger partial charge in [0.1, 0.15) is 22.3 Å². The molecule has 400 valence electrons. The second kappa shape index (κ2) is 20.2. The fourth-order valence-electron chi connectivity index (χ4n) is 13.9. The summed E-state index contributed by atoms with van der Waals surface area (Å²) in [5.74, 6) is 0. The Morgan fingerprint density at radius 3 is 1.07 bits per heavy atom. The van der Waals surface area contributed by atoms with Gasteiger partial charge in [-0.1, -0.05) is 273 Å².